The van der Waals surface area contributed by atoms with Crippen LogP contribution in [0.3, 0.4) is 0 Å². The molecule has 0 aliphatic rings. The maximum atomic E-state index is 8.61. The third-order valence-corrected chi connectivity index (χ3v) is 2.78. The van der Waals surface area contributed by atoms with Crippen molar-refractivity contribution >= 4 is 11.6 Å². The number of aliphatic imine (C=N–C) groups is 1. The van der Waals surface area contributed by atoms with Crippen molar-refractivity contribution < 1.29 is 0 Å². The maximum absolute atomic E-state index is 8.61. The number of hydrogen-bond acceptors (Lipinski definition) is 2. The molecule has 0 aliphatic heterocycles. The molecule has 100 valence electrons. The zero-order chi connectivity index (χ0) is 14.2. The Morgan fingerprint density at radius 2 is 1.75 bits per heavy atom. The highest BCUT2D eigenvalue weighted by Crippen LogP contribution is 2.09. The van der Waals surface area contributed by atoms with Crippen molar-refractivity contribution in [3.8, 4) is 6.07 Å². The minimum Gasteiger partial charge on any atom is -0.370 e. The van der Waals surface area contributed by atoms with E-state index in [1.807, 2.05) is 54.6 Å². The zero-order valence-electron chi connectivity index (χ0n) is 11.1. The van der Waals surface area contributed by atoms with Crippen LogP contribution in [0, 0.1) is 11.3 Å². The zero-order valence-corrected chi connectivity index (χ0v) is 11.1. The number of nitriles is 1. The van der Waals surface area contributed by atoms with E-state index in [0.29, 0.717) is 18.9 Å². The molecule has 0 spiro atoms. The first-order valence-corrected chi connectivity index (χ1v) is 6.34. The Hall–Kier alpha value is -2.80. The first-order valence-electron chi connectivity index (χ1n) is 6.34. The molecule has 0 aromatic heterocycles. The van der Waals surface area contributed by atoms with Gasteiger partial charge in [0.05, 0.1) is 19.0 Å². The van der Waals surface area contributed by atoms with Gasteiger partial charge in [-0.05, 0) is 23.3 Å². The first-order chi connectivity index (χ1) is 9.78. The Morgan fingerprint density at radius 3 is 2.40 bits per heavy atom. The summed E-state index contributed by atoms with van der Waals surface area (Å²) in [5.74, 6) is 0.377. The van der Waals surface area contributed by atoms with Gasteiger partial charge in [0.25, 0.3) is 0 Å². The van der Waals surface area contributed by atoms with Gasteiger partial charge in [-0.2, -0.15) is 5.26 Å². The summed E-state index contributed by atoms with van der Waals surface area (Å²) >= 11 is 0. The fourth-order valence-corrected chi connectivity index (χ4v) is 1.74. The lowest BCUT2D eigenvalue weighted by atomic mass is 10.1. The Kier molecular flexibility index (Phi) is 4.74. The lowest BCUT2D eigenvalue weighted by Gasteiger charge is -2.06. The smallest absolute Gasteiger partial charge is 0.193 e. The van der Waals surface area contributed by atoms with Gasteiger partial charge in [-0.3, -0.25) is 0 Å². The molecular weight excluding hydrogens is 248 g/mol. The van der Waals surface area contributed by atoms with Crippen LogP contribution in [-0.4, -0.2) is 5.96 Å². The molecule has 0 saturated heterocycles. The molecule has 20 heavy (non-hydrogen) atoms. The van der Waals surface area contributed by atoms with Crippen molar-refractivity contribution in [3.63, 3.8) is 0 Å². The van der Waals surface area contributed by atoms with Gasteiger partial charge in [-0.25, -0.2) is 4.99 Å². The summed E-state index contributed by atoms with van der Waals surface area (Å²) in [6, 6.07) is 19.6. The second-order valence-corrected chi connectivity index (χ2v) is 4.34. The minimum absolute atomic E-state index is 0.377. The van der Waals surface area contributed by atoms with E-state index in [1.165, 1.54) is 0 Å². The second-order valence-electron chi connectivity index (χ2n) is 4.34. The van der Waals surface area contributed by atoms with Gasteiger partial charge in [0.1, 0.15) is 0 Å². The quantitative estimate of drug-likeness (QED) is 0.658. The summed E-state index contributed by atoms with van der Waals surface area (Å²) in [6.45, 7) is 0.548. The maximum Gasteiger partial charge on any atom is 0.193 e. The van der Waals surface area contributed by atoms with Crippen LogP contribution < -0.4 is 11.1 Å². The molecule has 0 fully saturated rings. The van der Waals surface area contributed by atoms with Crippen molar-refractivity contribution in [2.45, 2.75) is 13.0 Å². The van der Waals surface area contributed by atoms with E-state index in [4.69, 9.17) is 11.0 Å². The fraction of sp³-hybridized carbons (Fsp3) is 0.125. The van der Waals surface area contributed by atoms with Gasteiger partial charge in [0.2, 0.25) is 0 Å². The predicted molar refractivity (Wildman–Crippen MR) is 81.2 cm³/mol. The number of anilines is 1. The highest BCUT2D eigenvalue weighted by molar-refractivity contribution is 5.92. The third-order valence-electron chi connectivity index (χ3n) is 2.78. The van der Waals surface area contributed by atoms with E-state index in [9.17, 15) is 0 Å². The van der Waals surface area contributed by atoms with E-state index < -0.39 is 0 Å². The molecule has 2 aromatic rings. The third kappa shape index (κ3) is 4.14. The standard InChI is InChI=1S/C16H16N4/c17-11-10-13-6-8-15(9-7-13)20-16(18)19-12-14-4-2-1-3-5-14/h1-9H,10,12H2,(H3,18,19,20). The normalized spacial score (nSPS) is 10.8. The summed E-state index contributed by atoms with van der Waals surface area (Å²) in [5.41, 5.74) is 8.80. The molecule has 0 radical (unpaired) electrons. The lowest BCUT2D eigenvalue weighted by Crippen LogP contribution is -2.22. The second kappa shape index (κ2) is 6.95. The van der Waals surface area contributed by atoms with Crippen molar-refractivity contribution in [1.82, 2.24) is 0 Å². The van der Waals surface area contributed by atoms with Crippen molar-refractivity contribution in [3.05, 3.63) is 65.7 Å². The number of nitrogens with zero attached hydrogens (tertiary/aromatic N) is 2. The van der Waals surface area contributed by atoms with Crippen molar-refractivity contribution in [2.24, 2.45) is 10.7 Å². The van der Waals surface area contributed by atoms with Crippen LogP contribution in [-0.2, 0) is 13.0 Å². The van der Waals surface area contributed by atoms with E-state index in [-0.39, 0.29) is 0 Å². The van der Waals surface area contributed by atoms with Crippen LogP contribution in [0.25, 0.3) is 0 Å². The minimum atomic E-state index is 0.377. The van der Waals surface area contributed by atoms with Gasteiger partial charge in [0, 0.05) is 5.69 Å². The van der Waals surface area contributed by atoms with Gasteiger partial charge in [-0.1, -0.05) is 42.5 Å². The number of hydrogen-bond donors (Lipinski definition) is 2. The van der Waals surface area contributed by atoms with Crippen LogP contribution >= 0.6 is 0 Å². The van der Waals surface area contributed by atoms with Gasteiger partial charge in [0.15, 0.2) is 5.96 Å². The SMILES string of the molecule is N#CCc1ccc(NC(N)=NCc2ccccc2)cc1. The largest absolute Gasteiger partial charge is 0.370 e. The molecule has 4 heteroatoms. The molecule has 0 heterocycles. The lowest BCUT2D eigenvalue weighted by molar-refractivity contribution is 1.06. The first kappa shape index (κ1) is 13.6. The fourth-order valence-electron chi connectivity index (χ4n) is 1.74. The van der Waals surface area contributed by atoms with Crippen LogP contribution in [0.1, 0.15) is 11.1 Å². The molecule has 0 saturated carbocycles. The molecule has 2 aromatic carbocycles. The van der Waals surface area contributed by atoms with Crippen LogP contribution in [0.2, 0.25) is 0 Å². The molecule has 0 aliphatic carbocycles. The number of rotatable bonds is 4. The summed E-state index contributed by atoms with van der Waals surface area (Å²) in [7, 11) is 0. The van der Waals surface area contributed by atoms with Crippen LogP contribution in [0.5, 0.6) is 0 Å². The molecule has 0 unspecified atom stereocenters. The summed E-state index contributed by atoms with van der Waals surface area (Å²) in [6.07, 6.45) is 0.415. The Labute approximate surface area is 118 Å². The number of nitrogens with two attached hydrogens (primary N) is 1. The highest BCUT2D eigenvalue weighted by Gasteiger charge is 1.96. The molecule has 0 amide bonds. The Morgan fingerprint density at radius 1 is 1.05 bits per heavy atom. The molecule has 4 nitrogen and oxygen atoms in total. The molecule has 0 atom stereocenters. The average Bonchev–Trinajstić information content (AvgIpc) is 2.49. The van der Waals surface area contributed by atoms with Crippen LogP contribution in [0.15, 0.2) is 59.6 Å². The van der Waals surface area contributed by atoms with Crippen LogP contribution in [0.4, 0.5) is 5.69 Å². The van der Waals surface area contributed by atoms with Crippen molar-refractivity contribution in [1.29, 1.82) is 5.26 Å². The van der Waals surface area contributed by atoms with E-state index in [1.54, 1.807) is 0 Å². The van der Waals surface area contributed by atoms with E-state index in [2.05, 4.69) is 16.4 Å². The van der Waals surface area contributed by atoms with E-state index in [0.717, 1.165) is 16.8 Å². The van der Waals surface area contributed by atoms with Crippen molar-refractivity contribution in [2.75, 3.05) is 5.32 Å². The topological polar surface area (TPSA) is 74.2 Å². The Balaban J connectivity index is 1.93. The summed E-state index contributed by atoms with van der Waals surface area (Å²) in [4.78, 5) is 4.28. The van der Waals surface area contributed by atoms with Gasteiger partial charge < -0.3 is 11.1 Å². The summed E-state index contributed by atoms with van der Waals surface area (Å²) < 4.78 is 0. The predicted octanol–water partition coefficient (Wildman–Crippen LogP) is 2.68. The molecule has 0 bridgehead atoms. The number of nitrogens with one attached hydrogen (secondary N) is 1. The molecule has 2 rings (SSSR count). The highest BCUT2D eigenvalue weighted by atomic mass is 15.1. The average molecular weight is 264 g/mol. The monoisotopic (exact) mass is 264 g/mol. The summed E-state index contributed by atoms with van der Waals surface area (Å²) in [5, 5.41) is 11.6. The van der Waals surface area contributed by atoms with E-state index >= 15 is 0 Å². The molecule has 3 N–H and O–H groups in total. The van der Waals surface area contributed by atoms with Gasteiger partial charge in [-0.15, -0.1) is 0 Å². The molecular formula is C16H16N4. The van der Waals surface area contributed by atoms with Gasteiger partial charge >= 0.3 is 0 Å². The number of benzene rings is 2. The Bertz CT molecular complexity index is 609. The number of guanidine groups is 1.